The van der Waals surface area contributed by atoms with Crippen molar-refractivity contribution in [3.05, 3.63) is 102 Å². The molecule has 0 amide bonds. The van der Waals surface area contributed by atoms with Gasteiger partial charge in [0.2, 0.25) is 0 Å². The van der Waals surface area contributed by atoms with Crippen LogP contribution in [0.5, 0.6) is 0 Å². The first-order valence-corrected chi connectivity index (χ1v) is 8.29. The molecule has 0 aromatic heterocycles. The summed E-state index contributed by atoms with van der Waals surface area (Å²) in [7, 11) is 0. The Morgan fingerprint density at radius 1 is 0.500 bits per heavy atom. The molecule has 4 aromatic carbocycles. The van der Waals surface area contributed by atoms with Crippen molar-refractivity contribution in [2.75, 3.05) is 4.90 Å². The van der Waals surface area contributed by atoms with Gasteiger partial charge in [-0.05, 0) is 53.2 Å². The van der Waals surface area contributed by atoms with Gasteiger partial charge in [0, 0.05) is 22.1 Å². The van der Waals surface area contributed by atoms with E-state index in [-0.39, 0.29) is 0 Å². The Kier molecular flexibility index (Phi) is 3.94. The lowest BCUT2D eigenvalue weighted by atomic mass is 10.1. The van der Waals surface area contributed by atoms with Crippen molar-refractivity contribution in [1.29, 1.82) is 0 Å². The molecule has 0 aliphatic heterocycles. The van der Waals surface area contributed by atoms with E-state index in [1.165, 1.54) is 10.8 Å². The Morgan fingerprint density at radius 3 is 1.96 bits per heavy atom. The summed E-state index contributed by atoms with van der Waals surface area (Å²) in [6.45, 7) is 0. The van der Waals surface area contributed by atoms with Crippen LogP contribution in [0.1, 0.15) is 0 Å². The summed E-state index contributed by atoms with van der Waals surface area (Å²) in [5, 5.41) is 3.19. The van der Waals surface area contributed by atoms with Crippen molar-refractivity contribution in [2.24, 2.45) is 0 Å². The van der Waals surface area contributed by atoms with Gasteiger partial charge in [0.05, 0.1) is 0 Å². The van der Waals surface area contributed by atoms with Gasteiger partial charge in [-0.15, -0.1) is 0 Å². The number of hydrogen-bond donors (Lipinski definition) is 0. The maximum Gasteiger partial charge on any atom is 0.0476 e. The minimum atomic E-state index is 0.731. The number of para-hydroxylation sites is 1. The minimum Gasteiger partial charge on any atom is -0.310 e. The summed E-state index contributed by atoms with van der Waals surface area (Å²) >= 11 is 6.23. The molecule has 2 heteroatoms. The number of nitrogens with zero attached hydrogens (tertiary/aromatic N) is 1. The molecule has 0 saturated heterocycles. The van der Waals surface area contributed by atoms with Crippen LogP contribution in [-0.4, -0.2) is 0 Å². The fraction of sp³-hybridized carbons (Fsp3) is 0. The fourth-order valence-corrected chi connectivity index (χ4v) is 3.14. The standard InChI is InChI=1S/C22H16ClN/c23-19-9-6-12-21(16-19)24(20-10-2-1-3-11-20)22-14-13-17-7-4-5-8-18(17)15-22/h1-16H. The first kappa shape index (κ1) is 14.8. The molecule has 0 spiro atoms. The molecule has 0 atom stereocenters. The highest BCUT2D eigenvalue weighted by molar-refractivity contribution is 6.30. The Hall–Kier alpha value is -2.77. The van der Waals surface area contributed by atoms with Gasteiger partial charge in [0.15, 0.2) is 0 Å². The molecule has 4 aromatic rings. The number of fused-ring (bicyclic) bond motifs is 1. The average Bonchev–Trinajstić information content (AvgIpc) is 2.63. The molecular weight excluding hydrogens is 314 g/mol. The van der Waals surface area contributed by atoms with Crippen LogP contribution in [0.4, 0.5) is 17.1 Å². The molecule has 0 unspecified atom stereocenters. The molecule has 0 aliphatic carbocycles. The van der Waals surface area contributed by atoms with Crippen LogP contribution in [0, 0.1) is 0 Å². The van der Waals surface area contributed by atoms with E-state index < -0.39 is 0 Å². The van der Waals surface area contributed by atoms with E-state index in [9.17, 15) is 0 Å². The largest absolute Gasteiger partial charge is 0.310 e. The Labute approximate surface area is 146 Å². The third-order valence-corrected chi connectivity index (χ3v) is 4.31. The summed E-state index contributed by atoms with van der Waals surface area (Å²) in [5.41, 5.74) is 3.26. The molecule has 0 saturated carbocycles. The summed E-state index contributed by atoms with van der Waals surface area (Å²) in [6, 6.07) is 33.2. The normalized spacial score (nSPS) is 10.7. The first-order chi connectivity index (χ1) is 11.8. The molecule has 1 nitrogen and oxygen atoms in total. The highest BCUT2D eigenvalue weighted by Crippen LogP contribution is 2.36. The van der Waals surface area contributed by atoms with Gasteiger partial charge in [0.25, 0.3) is 0 Å². The Balaban J connectivity index is 1.91. The second-order valence-electron chi connectivity index (χ2n) is 5.68. The summed E-state index contributed by atoms with van der Waals surface area (Å²) in [4.78, 5) is 2.22. The van der Waals surface area contributed by atoms with E-state index in [0.717, 1.165) is 22.1 Å². The van der Waals surface area contributed by atoms with Gasteiger partial charge < -0.3 is 4.90 Å². The number of rotatable bonds is 3. The summed E-state index contributed by atoms with van der Waals surface area (Å²) in [5.74, 6) is 0. The second-order valence-corrected chi connectivity index (χ2v) is 6.12. The highest BCUT2D eigenvalue weighted by atomic mass is 35.5. The topological polar surface area (TPSA) is 3.24 Å². The third-order valence-electron chi connectivity index (χ3n) is 4.07. The van der Waals surface area contributed by atoms with Gasteiger partial charge in [-0.25, -0.2) is 0 Å². The lowest BCUT2D eigenvalue weighted by Crippen LogP contribution is -2.09. The van der Waals surface area contributed by atoms with E-state index in [2.05, 4.69) is 65.6 Å². The molecule has 0 bridgehead atoms. The van der Waals surface area contributed by atoms with Gasteiger partial charge in [0.1, 0.15) is 0 Å². The SMILES string of the molecule is Clc1cccc(N(c2ccccc2)c2ccc3ccccc3c2)c1. The maximum absolute atomic E-state index is 6.23. The minimum absolute atomic E-state index is 0.731. The number of halogens is 1. The monoisotopic (exact) mass is 329 g/mol. The molecule has 0 fully saturated rings. The van der Waals surface area contributed by atoms with Crippen molar-refractivity contribution < 1.29 is 0 Å². The molecule has 0 radical (unpaired) electrons. The van der Waals surface area contributed by atoms with E-state index >= 15 is 0 Å². The molecule has 0 heterocycles. The van der Waals surface area contributed by atoms with Crippen LogP contribution in [-0.2, 0) is 0 Å². The van der Waals surface area contributed by atoms with Crippen molar-refractivity contribution in [2.45, 2.75) is 0 Å². The van der Waals surface area contributed by atoms with E-state index in [1.807, 2.05) is 36.4 Å². The fourth-order valence-electron chi connectivity index (χ4n) is 2.96. The summed E-state index contributed by atoms with van der Waals surface area (Å²) < 4.78 is 0. The van der Waals surface area contributed by atoms with Gasteiger partial charge in [-0.2, -0.15) is 0 Å². The zero-order valence-electron chi connectivity index (χ0n) is 13.1. The zero-order chi connectivity index (χ0) is 16.4. The van der Waals surface area contributed by atoms with Crippen molar-refractivity contribution in [3.8, 4) is 0 Å². The van der Waals surface area contributed by atoms with Gasteiger partial charge in [-0.1, -0.05) is 66.2 Å². The van der Waals surface area contributed by atoms with E-state index in [4.69, 9.17) is 11.6 Å². The third kappa shape index (κ3) is 2.86. The van der Waals surface area contributed by atoms with Crippen molar-refractivity contribution in [3.63, 3.8) is 0 Å². The maximum atomic E-state index is 6.23. The first-order valence-electron chi connectivity index (χ1n) is 7.91. The molecule has 24 heavy (non-hydrogen) atoms. The molecule has 4 rings (SSSR count). The predicted octanol–water partition coefficient (Wildman–Crippen LogP) is 6.96. The second kappa shape index (κ2) is 6.38. The quantitative estimate of drug-likeness (QED) is 0.392. The van der Waals surface area contributed by atoms with Crippen LogP contribution in [0.3, 0.4) is 0 Å². The Morgan fingerprint density at radius 2 is 1.17 bits per heavy atom. The van der Waals surface area contributed by atoms with Crippen LogP contribution in [0.15, 0.2) is 97.1 Å². The van der Waals surface area contributed by atoms with E-state index in [0.29, 0.717) is 0 Å². The van der Waals surface area contributed by atoms with Crippen LogP contribution < -0.4 is 4.90 Å². The molecule has 0 N–H and O–H groups in total. The highest BCUT2D eigenvalue weighted by Gasteiger charge is 2.12. The van der Waals surface area contributed by atoms with Gasteiger partial charge >= 0.3 is 0 Å². The Bertz CT molecular complexity index is 979. The number of anilines is 3. The van der Waals surface area contributed by atoms with Crippen LogP contribution >= 0.6 is 11.6 Å². The average molecular weight is 330 g/mol. The number of hydrogen-bond acceptors (Lipinski definition) is 1. The smallest absolute Gasteiger partial charge is 0.0476 e. The molecule has 0 aliphatic rings. The lowest BCUT2D eigenvalue weighted by Gasteiger charge is -2.26. The van der Waals surface area contributed by atoms with Crippen molar-refractivity contribution >= 4 is 39.4 Å². The van der Waals surface area contributed by atoms with Crippen LogP contribution in [0.25, 0.3) is 10.8 Å². The van der Waals surface area contributed by atoms with Crippen LogP contribution in [0.2, 0.25) is 5.02 Å². The number of benzene rings is 4. The molecular formula is C22H16ClN. The molecule has 116 valence electrons. The van der Waals surface area contributed by atoms with Gasteiger partial charge in [-0.3, -0.25) is 0 Å². The predicted molar refractivity (Wildman–Crippen MR) is 104 cm³/mol. The zero-order valence-corrected chi connectivity index (χ0v) is 13.8. The summed E-state index contributed by atoms with van der Waals surface area (Å²) in [6.07, 6.45) is 0. The van der Waals surface area contributed by atoms with E-state index in [1.54, 1.807) is 0 Å². The lowest BCUT2D eigenvalue weighted by molar-refractivity contribution is 1.29. The van der Waals surface area contributed by atoms with Crippen molar-refractivity contribution in [1.82, 2.24) is 0 Å².